The lowest BCUT2D eigenvalue weighted by atomic mass is 9.85. The number of phosphoric ester groups is 2. The Labute approximate surface area is 339 Å². The Morgan fingerprint density at radius 1 is 0.544 bits per heavy atom. The van der Waals surface area contributed by atoms with E-state index in [-0.39, 0.29) is 12.8 Å². The number of phosphoric acid groups is 2. The number of carbonyl (C=O) groups is 2. The second kappa shape index (κ2) is 31.8. The molecule has 0 spiro atoms. The third-order valence-electron chi connectivity index (χ3n) is 10.0. The molecule has 17 nitrogen and oxygen atoms in total. The summed E-state index contributed by atoms with van der Waals surface area (Å²) < 4.78 is 49.1. The summed E-state index contributed by atoms with van der Waals surface area (Å²) in [5, 5.41) is 41.1. The second-order valence-electron chi connectivity index (χ2n) is 15.2. The molecular formula is C38H75NO16P2. The van der Waals surface area contributed by atoms with Crippen LogP contribution in [0.3, 0.4) is 0 Å². The van der Waals surface area contributed by atoms with Crippen LogP contribution in [-0.2, 0) is 41.8 Å². The third-order valence-corrected chi connectivity index (χ3v) is 11.5. The maximum absolute atomic E-state index is 12.9. The molecule has 0 aromatic rings. The van der Waals surface area contributed by atoms with Crippen molar-refractivity contribution in [3.8, 4) is 0 Å². The predicted octanol–water partition coefficient (Wildman–Crippen LogP) is 5.61. The van der Waals surface area contributed by atoms with E-state index in [0.29, 0.717) is 12.8 Å². The number of aliphatic hydroxyl groups is 4. The molecule has 1 aliphatic carbocycles. The van der Waals surface area contributed by atoms with Crippen LogP contribution in [0.1, 0.15) is 167 Å². The van der Waals surface area contributed by atoms with Gasteiger partial charge in [0.2, 0.25) is 0 Å². The Balaban J connectivity index is 2.64. The molecule has 1 aliphatic rings. The van der Waals surface area contributed by atoms with E-state index >= 15 is 0 Å². The highest BCUT2D eigenvalue weighted by molar-refractivity contribution is 7.47. The Hall–Kier alpha value is -1.04. The standard InChI is InChI=1S/C38H75NO16P2/c1-2-3-4-5-6-7-8-9-10-14-17-20-23-26-32(41)53-30(28-51-31(40)25-22-19-16-13-11-12-15-18-21-24-27-39)29-52-57(49,50)55-38-35(44)33(42)34(43)37(36(38)45)54-56(46,47)48/h30,33-38,42-45H,2-29,39H2,1H3,(H,49,50)(H2,46,47,48)/t30-,33-,34?,35-,36?,37+,38?/m1/s1. The smallest absolute Gasteiger partial charge is 0.462 e. The zero-order valence-corrected chi connectivity index (χ0v) is 35.9. The third kappa shape index (κ3) is 26.7. The highest BCUT2D eigenvalue weighted by Gasteiger charge is 2.54. The number of unbranched alkanes of at least 4 members (excludes halogenated alkanes) is 21. The monoisotopic (exact) mass is 863 g/mol. The van der Waals surface area contributed by atoms with Crippen molar-refractivity contribution < 1.29 is 76.9 Å². The van der Waals surface area contributed by atoms with Crippen LogP contribution in [0.2, 0.25) is 0 Å². The van der Waals surface area contributed by atoms with Crippen molar-refractivity contribution >= 4 is 27.6 Å². The fourth-order valence-electron chi connectivity index (χ4n) is 6.69. The average Bonchev–Trinajstić information content (AvgIpc) is 3.16. The van der Waals surface area contributed by atoms with Gasteiger partial charge in [0.25, 0.3) is 0 Å². The van der Waals surface area contributed by atoms with E-state index in [1.165, 1.54) is 70.6 Å². The van der Waals surface area contributed by atoms with Gasteiger partial charge in [0, 0.05) is 12.8 Å². The van der Waals surface area contributed by atoms with Gasteiger partial charge in [-0.05, 0) is 25.8 Å². The number of hydrogen-bond acceptors (Lipinski definition) is 14. The van der Waals surface area contributed by atoms with Gasteiger partial charge < -0.3 is 50.3 Å². The van der Waals surface area contributed by atoms with Crippen molar-refractivity contribution in [1.82, 2.24) is 0 Å². The molecule has 9 N–H and O–H groups in total. The predicted molar refractivity (Wildman–Crippen MR) is 213 cm³/mol. The summed E-state index contributed by atoms with van der Waals surface area (Å²) in [6, 6.07) is 0. The lowest BCUT2D eigenvalue weighted by Crippen LogP contribution is -2.64. The van der Waals surface area contributed by atoms with Crippen LogP contribution in [0, 0.1) is 0 Å². The minimum atomic E-state index is -5.36. The summed E-state index contributed by atoms with van der Waals surface area (Å²) in [5.74, 6) is -1.21. The number of aliphatic hydroxyl groups excluding tert-OH is 4. The van der Waals surface area contributed by atoms with E-state index in [1.807, 2.05) is 0 Å². The molecule has 0 amide bonds. The first kappa shape index (κ1) is 54.0. The molecule has 57 heavy (non-hydrogen) atoms. The summed E-state index contributed by atoms with van der Waals surface area (Å²) in [7, 11) is -10.7. The zero-order chi connectivity index (χ0) is 42.5. The molecule has 0 bridgehead atoms. The zero-order valence-electron chi connectivity index (χ0n) is 34.1. The molecule has 4 unspecified atom stereocenters. The Morgan fingerprint density at radius 3 is 1.39 bits per heavy atom. The number of nitrogens with two attached hydrogens (primary N) is 1. The Kier molecular flexibility index (Phi) is 30.1. The quantitative estimate of drug-likeness (QED) is 0.0216. The van der Waals surface area contributed by atoms with E-state index in [4.69, 9.17) is 34.0 Å². The minimum Gasteiger partial charge on any atom is -0.462 e. The highest BCUT2D eigenvalue weighted by Crippen LogP contribution is 2.49. The highest BCUT2D eigenvalue weighted by atomic mass is 31.2. The molecule has 0 saturated heterocycles. The van der Waals surface area contributed by atoms with Crippen LogP contribution in [0.15, 0.2) is 0 Å². The maximum atomic E-state index is 12.9. The summed E-state index contributed by atoms with van der Waals surface area (Å²) in [6.07, 6.45) is 10.3. The van der Waals surface area contributed by atoms with Crippen molar-refractivity contribution in [3.63, 3.8) is 0 Å². The molecule has 19 heteroatoms. The Bertz CT molecular complexity index is 1150. The van der Waals surface area contributed by atoms with Crippen LogP contribution >= 0.6 is 15.6 Å². The van der Waals surface area contributed by atoms with Crippen molar-refractivity contribution in [2.75, 3.05) is 19.8 Å². The van der Waals surface area contributed by atoms with E-state index in [9.17, 15) is 44.0 Å². The van der Waals surface area contributed by atoms with Gasteiger partial charge >= 0.3 is 27.6 Å². The summed E-state index contributed by atoms with van der Waals surface area (Å²) in [4.78, 5) is 54.0. The number of rotatable bonds is 36. The maximum Gasteiger partial charge on any atom is 0.472 e. The molecule has 0 aromatic heterocycles. The van der Waals surface area contributed by atoms with E-state index in [2.05, 4.69) is 11.4 Å². The number of carbonyl (C=O) groups excluding carboxylic acids is 2. The molecule has 8 atom stereocenters. The van der Waals surface area contributed by atoms with Gasteiger partial charge in [0.1, 0.15) is 43.2 Å². The largest absolute Gasteiger partial charge is 0.472 e. The first-order valence-corrected chi connectivity index (χ1v) is 24.3. The van der Waals surface area contributed by atoms with Crippen molar-refractivity contribution in [2.24, 2.45) is 5.73 Å². The molecular weight excluding hydrogens is 788 g/mol. The van der Waals surface area contributed by atoms with Gasteiger partial charge in [-0.1, -0.05) is 135 Å². The second-order valence-corrected chi connectivity index (χ2v) is 17.8. The molecule has 1 fully saturated rings. The fourth-order valence-corrected chi connectivity index (χ4v) is 8.22. The number of ether oxygens (including phenoxy) is 2. The van der Waals surface area contributed by atoms with E-state index in [0.717, 1.165) is 70.8 Å². The van der Waals surface area contributed by atoms with Crippen LogP contribution in [0.5, 0.6) is 0 Å². The van der Waals surface area contributed by atoms with Crippen molar-refractivity contribution in [3.05, 3.63) is 0 Å². The minimum absolute atomic E-state index is 0.0465. The average molecular weight is 864 g/mol. The summed E-state index contributed by atoms with van der Waals surface area (Å²) in [5.41, 5.74) is 5.52. The van der Waals surface area contributed by atoms with Crippen LogP contribution in [0.25, 0.3) is 0 Å². The molecule has 1 saturated carbocycles. The van der Waals surface area contributed by atoms with Crippen LogP contribution in [-0.4, -0.2) is 110 Å². The van der Waals surface area contributed by atoms with E-state index in [1.54, 1.807) is 0 Å². The Morgan fingerprint density at radius 2 is 0.947 bits per heavy atom. The first-order chi connectivity index (χ1) is 27.1. The number of hydrogen-bond donors (Lipinski definition) is 8. The van der Waals surface area contributed by atoms with Gasteiger partial charge in [0.15, 0.2) is 6.10 Å². The molecule has 0 radical (unpaired) electrons. The van der Waals surface area contributed by atoms with E-state index < -0.39 is 83.5 Å². The molecule has 0 heterocycles. The van der Waals surface area contributed by atoms with Crippen molar-refractivity contribution in [2.45, 2.75) is 210 Å². The molecule has 1 rings (SSSR count). The molecule has 0 aliphatic heterocycles. The van der Waals surface area contributed by atoms with Gasteiger partial charge in [-0.2, -0.15) is 0 Å². The lowest BCUT2D eigenvalue weighted by Gasteiger charge is -2.43. The van der Waals surface area contributed by atoms with Gasteiger partial charge in [-0.3, -0.25) is 23.2 Å². The van der Waals surface area contributed by atoms with Gasteiger partial charge in [-0.25, -0.2) is 9.13 Å². The fraction of sp³-hybridized carbons (Fsp3) is 0.947. The van der Waals surface area contributed by atoms with Gasteiger partial charge in [0.05, 0.1) is 6.61 Å². The first-order valence-electron chi connectivity index (χ1n) is 21.3. The topological polar surface area (TPSA) is 282 Å². The normalized spacial score (nSPS) is 22.9. The summed E-state index contributed by atoms with van der Waals surface area (Å²) >= 11 is 0. The van der Waals surface area contributed by atoms with Crippen LogP contribution < -0.4 is 5.73 Å². The molecule has 338 valence electrons. The number of esters is 2. The van der Waals surface area contributed by atoms with Crippen molar-refractivity contribution in [1.29, 1.82) is 0 Å². The SMILES string of the molecule is CCCCCCCCCCCCCCCC(=O)O[C@H](COC(=O)CCCCCCCCCCCCN)COP(=O)(O)OC1C(O)[C@@H](OP(=O)(O)O)C(O)[C@@H](O)[C@H]1O. The van der Waals surface area contributed by atoms with Crippen LogP contribution in [0.4, 0.5) is 0 Å². The lowest BCUT2D eigenvalue weighted by molar-refractivity contribution is -0.216. The molecule has 0 aromatic carbocycles. The van der Waals surface area contributed by atoms with Gasteiger partial charge in [-0.15, -0.1) is 0 Å². The summed E-state index contributed by atoms with van der Waals surface area (Å²) in [6.45, 7) is 1.60.